The lowest BCUT2D eigenvalue weighted by atomic mass is 9.95. The molecule has 1 aromatic carbocycles. The number of fused-ring (bicyclic) bond motifs is 1. The molecule has 2 aromatic rings. The summed E-state index contributed by atoms with van der Waals surface area (Å²) in [5, 5.41) is 0. The highest BCUT2D eigenvalue weighted by molar-refractivity contribution is 5.77. The summed E-state index contributed by atoms with van der Waals surface area (Å²) in [6.45, 7) is 10.3. The largest absolute Gasteiger partial charge is 0.330 e. The zero-order valence-corrected chi connectivity index (χ0v) is 11.8. The predicted molar refractivity (Wildman–Crippen MR) is 76.8 cm³/mol. The second kappa shape index (κ2) is 5.11. The van der Waals surface area contributed by atoms with Gasteiger partial charge in [0.05, 0.1) is 11.0 Å². The number of nitrogens with two attached hydrogens (primary N) is 1. The van der Waals surface area contributed by atoms with Crippen LogP contribution in [0.1, 0.15) is 38.1 Å². The predicted octanol–water partition coefficient (Wildman–Crippen LogP) is 3.06. The minimum absolute atomic E-state index is 0.331. The average molecular weight is 245 g/mol. The van der Waals surface area contributed by atoms with Crippen molar-refractivity contribution in [3.8, 4) is 0 Å². The van der Waals surface area contributed by atoms with Gasteiger partial charge in [0.2, 0.25) is 0 Å². The molecule has 1 unspecified atom stereocenters. The summed E-state index contributed by atoms with van der Waals surface area (Å²) in [5.74, 6) is 1.98. The van der Waals surface area contributed by atoms with E-state index in [2.05, 4.69) is 50.5 Å². The SMILES string of the molecule is CCn1c(C(CN)C(C)C)nc2cc(C)ccc21. The van der Waals surface area contributed by atoms with E-state index in [9.17, 15) is 0 Å². The monoisotopic (exact) mass is 245 g/mol. The Hall–Kier alpha value is -1.35. The van der Waals surface area contributed by atoms with Crippen LogP contribution in [0.5, 0.6) is 0 Å². The molecule has 1 aromatic heterocycles. The molecule has 0 aliphatic heterocycles. The van der Waals surface area contributed by atoms with Crippen molar-refractivity contribution in [1.29, 1.82) is 0 Å². The first kappa shape index (κ1) is 13.1. The van der Waals surface area contributed by atoms with Crippen molar-refractivity contribution in [2.24, 2.45) is 11.7 Å². The maximum absolute atomic E-state index is 5.93. The van der Waals surface area contributed by atoms with E-state index >= 15 is 0 Å². The molecule has 0 saturated heterocycles. The van der Waals surface area contributed by atoms with Crippen LogP contribution in [0.3, 0.4) is 0 Å². The van der Waals surface area contributed by atoms with Crippen LogP contribution in [-0.4, -0.2) is 16.1 Å². The van der Waals surface area contributed by atoms with Gasteiger partial charge in [-0.1, -0.05) is 19.9 Å². The number of benzene rings is 1. The summed E-state index contributed by atoms with van der Waals surface area (Å²) < 4.78 is 2.30. The lowest BCUT2D eigenvalue weighted by Crippen LogP contribution is -2.21. The minimum Gasteiger partial charge on any atom is -0.330 e. The number of imidazole rings is 1. The Labute approximate surface area is 109 Å². The third-order valence-electron chi connectivity index (χ3n) is 3.64. The third kappa shape index (κ3) is 2.15. The Bertz CT molecular complexity index is 540. The van der Waals surface area contributed by atoms with E-state index in [4.69, 9.17) is 10.7 Å². The van der Waals surface area contributed by atoms with Crippen molar-refractivity contribution in [3.63, 3.8) is 0 Å². The smallest absolute Gasteiger partial charge is 0.114 e. The van der Waals surface area contributed by atoms with E-state index < -0.39 is 0 Å². The first-order valence-corrected chi connectivity index (χ1v) is 6.75. The van der Waals surface area contributed by atoms with Crippen molar-refractivity contribution in [2.75, 3.05) is 6.54 Å². The van der Waals surface area contributed by atoms with Crippen LogP contribution < -0.4 is 5.73 Å². The second-order valence-corrected chi connectivity index (χ2v) is 5.29. The van der Waals surface area contributed by atoms with Crippen LogP contribution in [-0.2, 0) is 6.54 Å². The van der Waals surface area contributed by atoms with Gasteiger partial charge in [-0.2, -0.15) is 0 Å². The van der Waals surface area contributed by atoms with Crippen LogP contribution >= 0.6 is 0 Å². The fraction of sp³-hybridized carbons (Fsp3) is 0.533. The third-order valence-corrected chi connectivity index (χ3v) is 3.64. The molecule has 3 heteroatoms. The van der Waals surface area contributed by atoms with E-state index in [0.717, 1.165) is 17.9 Å². The minimum atomic E-state index is 0.331. The van der Waals surface area contributed by atoms with Crippen LogP contribution in [0.25, 0.3) is 11.0 Å². The van der Waals surface area contributed by atoms with Crippen molar-refractivity contribution < 1.29 is 0 Å². The highest BCUT2D eigenvalue weighted by Crippen LogP contribution is 2.27. The summed E-state index contributed by atoms with van der Waals surface area (Å²) >= 11 is 0. The van der Waals surface area contributed by atoms with Gasteiger partial charge in [-0.3, -0.25) is 0 Å². The Balaban J connectivity index is 2.62. The van der Waals surface area contributed by atoms with Gasteiger partial charge in [0.15, 0.2) is 0 Å². The number of hydrogen-bond donors (Lipinski definition) is 1. The van der Waals surface area contributed by atoms with Crippen LogP contribution in [0.15, 0.2) is 18.2 Å². The fourth-order valence-corrected chi connectivity index (χ4v) is 2.55. The maximum Gasteiger partial charge on any atom is 0.114 e. The van der Waals surface area contributed by atoms with E-state index in [1.807, 2.05) is 0 Å². The molecule has 0 bridgehead atoms. The summed E-state index contributed by atoms with van der Waals surface area (Å²) in [6, 6.07) is 6.46. The Morgan fingerprint density at radius 1 is 1.33 bits per heavy atom. The zero-order valence-electron chi connectivity index (χ0n) is 11.8. The summed E-state index contributed by atoms with van der Waals surface area (Å²) in [5.41, 5.74) is 9.49. The Morgan fingerprint density at radius 3 is 2.61 bits per heavy atom. The molecule has 3 nitrogen and oxygen atoms in total. The molecule has 18 heavy (non-hydrogen) atoms. The number of nitrogens with zero attached hydrogens (tertiary/aromatic N) is 2. The normalized spacial score (nSPS) is 13.4. The van der Waals surface area contributed by atoms with Crippen molar-refractivity contribution in [2.45, 2.75) is 40.2 Å². The average Bonchev–Trinajstić information content (AvgIpc) is 2.66. The van der Waals surface area contributed by atoms with Gasteiger partial charge in [-0.05, 0) is 37.5 Å². The van der Waals surface area contributed by atoms with E-state index in [1.165, 1.54) is 11.1 Å². The molecule has 1 heterocycles. The summed E-state index contributed by atoms with van der Waals surface area (Å²) in [4.78, 5) is 4.82. The Kier molecular flexibility index (Phi) is 3.71. The molecular formula is C15H23N3. The van der Waals surface area contributed by atoms with Gasteiger partial charge in [-0.25, -0.2) is 4.98 Å². The van der Waals surface area contributed by atoms with Crippen molar-refractivity contribution in [3.05, 3.63) is 29.6 Å². The first-order valence-electron chi connectivity index (χ1n) is 6.75. The molecule has 98 valence electrons. The van der Waals surface area contributed by atoms with Gasteiger partial charge in [-0.15, -0.1) is 0 Å². The molecule has 0 amide bonds. The highest BCUT2D eigenvalue weighted by Gasteiger charge is 2.21. The highest BCUT2D eigenvalue weighted by atomic mass is 15.1. The number of aryl methyl sites for hydroxylation is 2. The van der Waals surface area contributed by atoms with Gasteiger partial charge < -0.3 is 10.3 Å². The van der Waals surface area contributed by atoms with Crippen molar-refractivity contribution >= 4 is 11.0 Å². The van der Waals surface area contributed by atoms with Crippen molar-refractivity contribution in [1.82, 2.24) is 9.55 Å². The maximum atomic E-state index is 5.93. The van der Waals surface area contributed by atoms with E-state index in [0.29, 0.717) is 18.4 Å². The van der Waals surface area contributed by atoms with Gasteiger partial charge in [0.1, 0.15) is 5.82 Å². The quantitative estimate of drug-likeness (QED) is 0.899. The molecule has 0 aliphatic carbocycles. The number of aromatic nitrogens is 2. The second-order valence-electron chi connectivity index (χ2n) is 5.29. The van der Waals surface area contributed by atoms with Crippen LogP contribution in [0.2, 0.25) is 0 Å². The lowest BCUT2D eigenvalue weighted by molar-refractivity contribution is 0.467. The molecule has 0 radical (unpaired) electrons. The zero-order chi connectivity index (χ0) is 13.3. The molecule has 2 N–H and O–H groups in total. The molecule has 0 spiro atoms. The van der Waals surface area contributed by atoms with Gasteiger partial charge in [0, 0.05) is 19.0 Å². The van der Waals surface area contributed by atoms with E-state index in [1.54, 1.807) is 0 Å². The fourth-order valence-electron chi connectivity index (χ4n) is 2.55. The summed E-state index contributed by atoms with van der Waals surface area (Å²) in [6.07, 6.45) is 0. The molecule has 0 fully saturated rings. The number of rotatable bonds is 4. The Morgan fingerprint density at radius 2 is 2.06 bits per heavy atom. The molecule has 0 aliphatic rings. The molecule has 2 rings (SSSR count). The standard InChI is InChI=1S/C15H23N3/c1-5-18-14-7-6-11(4)8-13(14)17-15(18)12(9-16)10(2)3/h6-8,10,12H,5,9,16H2,1-4H3. The van der Waals surface area contributed by atoms with Gasteiger partial charge >= 0.3 is 0 Å². The topological polar surface area (TPSA) is 43.8 Å². The number of hydrogen-bond acceptors (Lipinski definition) is 2. The van der Waals surface area contributed by atoms with Gasteiger partial charge in [0.25, 0.3) is 0 Å². The molecule has 0 saturated carbocycles. The molecule has 1 atom stereocenters. The molecular weight excluding hydrogens is 222 g/mol. The summed E-state index contributed by atoms with van der Waals surface area (Å²) in [7, 11) is 0. The lowest BCUT2D eigenvalue weighted by Gasteiger charge is -2.19. The van der Waals surface area contributed by atoms with Crippen LogP contribution in [0, 0.1) is 12.8 Å². The van der Waals surface area contributed by atoms with E-state index in [-0.39, 0.29) is 0 Å². The van der Waals surface area contributed by atoms with Crippen LogP contribution in [0.4, 0.5) is 0 Å². The first-order chi connectivity index (χ1) is 8.58.